The van der Waals surface area contributed by atoms with E-state index in [2.05, 4.69) is 21.2 Å². The fourth-order valence-electron chi connectivity index (χ4n) is 2.24. The average molecular weight is 368 g/mol. The third-order valence-electron chi connectivity index (χ3n) is 3.13. The number of halogens is 4. The first kappa shape index (κ1) is 16.4. The van der Waals surface area contributed by atoms with Crippen molar-refractivity contribution >= 4 is 15.9 Å². The minimum Gasteiger partial charge on any atom is -0.490 e. The smallest absolute Gasteiger partial charge is 0.390 e. The van der Waals surface area contributed by atoms with Gasteiger partial charge in [-0.3, -0.25) is 0 Å². The molecule has 1 heterocycles. The van der Waals surface area contributed by atoms with E-state index in [-0.39, 0.29) is 0 Å². The first-order chi connectivity index (χ1) is 9.90. The van der Waals surface area contributed by atoms with Crippen molar-refractivity contribution in [1.82, 2.24) is 5.32 Å². The van der Waals surface area contributed by atoms with Crippen molar-refractivity contribution < 1.29 is 22.6 Å². The molecule has 1 aromatic rings. The molecular weight excluding hydrogens is 351 g/mol. The molecule has 1 N–H and O–H groups in total. The van der Waals surface area contributed by atoms with Crippen LogP contribution in [0.15, 0.2) is 16.6 Å². The summed E-state index contributed by atoms with van der Waals surface area (Å²) in [6.45, 7) is 3.26. The summed E-state index contributed by atoms with van der Waals surface area (Å²) in [4.78, 5) is 0. The van der Waals surface area contributed by atoms with Crippen LogP contribution in [0.4, 0.5) is 13.2 Å². The first-order valence-corrected chi connectivity index (χ1v) is 7.59. The van der Waals surface area contributed by atoms with Crippen molar-refractivity contribution in [1.29, 1.82) is 0 Å². The Morgan fingerprint density at radius 2 is 1.86 bits per heavy atom. The van der Waals surface area contributed by atoms with Crippen LogP contribution in [0.3, 0.4) is 0 Å². The minimum atomic E-state index is -4.24. The van der Waals surface area contributed by atoms with E-state index in [0.29, 0.717) is 41.3 Å². The molecule has 3 nitrogen and oxygen atoms in total. The molecule has 0 spiro atoms. The second kappa shape index (κ2) is 6.87. The SMILES string of the molecule is CCNC(CC(F)(F)F)c1cc2c(cc1Br)OCCCO2. The quantitative estimate of drug-likeness (QED) is 0.864. The van der Waals surface area contributed by atoms with Crippen LogP contribution in [-0.4, -0.2) is 25.9 Å². The minimum absolute atomic E-state index is 0.446. The highest BCUT2D eigenvalue weighted by atomic mass is 79.9. The van der Waals surface area contributed by atoms with Crippen LogP contribution in [-0.2, 0) is 0 Å². The maximum absolute atomic E-state index is 12.7. The van der Waals surface area contributed by atoms with E-state index in [1.807, 2.05) is 0 Å². The molecule has 0 aliphatic carbocycles. The van der Waals surface area contributed by atoms with Gasteiger partial charge in [0.05, 0.1) is 19.6 Å². The van der Waals surface area contributed by atoms with Gasteiger partial charge in [0.25, 0.3) is 0 Å². The third-order valence-corrected chi connectivity index (χ3v) is 3.82. The van der Waals surface area contributed by atoms with Crippen molar-refractivity contribution in [2.45, 2.75) is 32.0 Å². The number of ether oxygens (including phenoxy) is 2. The number of alkyl halides is 3. The summed E-state index contributed by atoms with van der Waals surface area (Å²) in [5.74, 6) is 1.06. The molecular formula is C14H17BrF3NO2. The second-order valence-corrected chi connectivity index (χ2v) is 5.65. The lowest BCUT2D eigenvalue weighted by Crippen LogP contribution is -2.27. The van der Waals surface area contributed by atoms with Crippen LogP contribution < -0.4 is 14.8 Å². The highest BCUT2D eigenvalue weighted by molar-refractivity contribution is 9.10. The Bertz CT molecular complexity index is 494. The van der Waals surface area contributed by atoms with Crippen molar-refractivity contribution in [2.75, 3.05) is 19.8 Å². The van der Waals surface area contributed by atoms with Gasteiger partial charge in [0.15, 0.2) is 11.5 Å². The summed E-state index contributed by atoms with van der Waals surface area (Å²) >= 11 is 3.34. The zero-order chi connectivity index (χ0) is 15.5. The molecule has 7 heteroatoms. The van der Waals surface area contributed by atoms with Gasteiger partial charge < -0.3 is 14.8 Å². The van der Waals surface area contributed by atoms with Crippen LogP contribution >= 0.6 is 15.9 Å². The van der Waals surface area contributed by atoms with E-state index < -0.39 is 18.6 Å². The molecule has 21 heavy (non-hydrogen) atoms. The number of rotatable bonds is 4. The summed E-state index contributed by atoms with van der Waals surface area (Å²) < 4.78 is 49.9. The normalized spacial score (nSPS) is 16.4. The zero-order valence-electron chi connectivity index (χ0n) is 11.6. The Balaban J connectivity index is 2.33. The van der Waals surface area contributed by atoms with Gasteiger partial charge in [0, 0.05) is 16.9 Å². The molecule has 0 radical (unpaired) electrons. The van der Waals surface area contributed by atoms with Gasteiger partial charge in [-0.05, 0) is 24.2 Å². The fourth-order valence-corrected chi connectivity index (χ4v) is 2.84. The summed E-state index contributed by atoms with van der Waals surface area (Å²) in [5, 5.41) is 2.87. The Morgan fingerprint density at radius 3 is 2.43 bits per heavy atom. The van der Waals surface area contributed by atoms with Gasteiger partial charge in [0.1, 0.15) is 0 Å². The van der Waals surface area contributed by atoms with Crippen molar-refractivity contribution in [3.63, 3.8) is 0 Å². The molecule has 2 rings (SSSR count). The largest absolute Gasteiger partial charge is 0.490 e. The lowest BCUT2D eigenvalue weighted by atomic mass is 10.0. The lowest BCUT2D eigenvalue weighted by Gasteiger charge is -2.22. The molecule has 0 saturated heterocycles. The molecule has 0 amide bonds. The van der Waals surface area contributed by atoms with Crippen molar-refractivity contribution in [2.24, 2.45) is 0 Å². The maximum Gasteiger partial charge on any atom is 0.390 e. The monoisotopic (exact) mass is 367 g/mol. The fraction of sp³-hybridized carbons (Fsp3) is 0.571. The molecule has 0 saturated carbocycles. The zero-order valence-corrected chi connectivity index (χ0v) is 13.2. The summed E-state index contributed by atoms with van der Waals surface area (Å²) in [7, 11) is 0. The van der Waals surface area contributed by atoms with E-state index in [1.54, 1.807) is 19.1 Å². The summed E-state index contributed by atoms with van der Waals surface area (Å²) in [5.41, 5.74) is 0.526. The highest BCUT2D eigenvalue weighted by Crippen LogP contribution is 2.40. The Hall–Kier alpha value is -0.950. The highest BCUT2D eigenvalue weighted by Gasteiger charge is 2.33. The number of hydrogen-bond donors (Lipinski definition) is 1. The van der Waals surface area contributed by atoms with E-state index in [4.69, 9.17) is 9.47 Å². The predicted molar refractivity (Wildman–Crippen MR) is 76.8 cm³/mol. The van der Waals surface area contributed by atoms with Crippen LogP contribution in [0, 0.1) is 0 Å². The molecule has 0 fully saturated rings. The van der Waals surface area contributed by atoms with Crippen molar-refractivity contribution in [3.8, 4) is 11.5 Å². The van der Waals surface area contributed by atoms with Crippen LogP contribution in [0.5, 0.6) is 11.5 Å². The number of benzene rings is 1. The Morgan fingerprint density at radius 1 is 1.24 bits per heavy atom. The van der Waals surface area contributed by atoms with Gasteiger partial charge >= 0.3 is 6.18 Å². The van der Waals surface area contributed by atoms with Gasteiger partial charge in [-0.2, -0.15) is 13.2 Å². The first-order valence-electron chi connectivity index (χ1n) is 6.80. The molecule has 1 unspecified atom stereocenters. The predicted octanol–water partition coefficient (Wildman–Crippen LogP) is 4.21. The summed E-state index contributed by atoms with van der Waals surface area (Å²) in [6.07, 6.45) is -4.42. The average Bonchev–Trinajstić information content (AvgIpc) is 2.60. The number of hydrogen-bond acceptors (Lipinski definition) is 3. The van der Waals surface area contributed by atoms with Crippen LogP contribution in [0.25, 0.3) is 0 Å². The van der Waals surface area contributed by atoms with E-state index in [0.717, 1.165) is 6.42 Å². The maximum atomic E-state index is 12.7. The standard InChI is InChI=1S/C14H17BrF3NO2/c1-2-19-11(8-14(16,17)18)9-6-12-13(7-10(9)15)21-5-3-4-20-12/h6-7,11,19H,2-5,8H2,1H3. The molecule has 1 aromatic carbocycles. The van der Waals surface area contributed by atoms with Gasteiger partial charge in [-0.15, -0.1) is 0 Å². The molecule has 1 aliphatic heterocycles. The lowest BCUT2D eigenvalue weighted by molar-refractivity contribution is -0.140. The third kappa shape index (κ3) is 4.51. The topological polar surface area (TPSA) is 30.5 Å². The molecule has 1 aliphatic rings. The molecule has 0 aromatic heterocycles. The Labute approximate surface area is 129 Å². The van der Waals surface area contributed by atoms with E-state index in [1.165, 1.54) is 0 Å². The van der Waals surface area contributed by atoms with E-state index in [9.17, 15) is 13.2 Å². The van der Waals surface area contributed by atoms with E-state index >= 15 is 0 Å². The number of fused-ring (bicyclic) bond motifs is 1. The van der Waals surface area contributed by atoms with Crippen molar-refractivity contribution in [3.05, 3.63) is 22.2 Å². The summed E-state index contributed by atoms with van der Waals surface area (Å²) in [6, 6.07) is 2.49. The van der Waals surface area contributed by atoms with Crippen LogP contribution in [0.1, 0.15) is 31.4 Å². The molecule has 118 valence electrons. The molecule has 0 bridgehead atoms. The second-order valence-electron chi connectivity index (χ2n) is 4.80. The Kier molecular flexibility index (Phi) is 5.37. The van der Waals surface area contributed by atoms with Gasteiger partial charge in [0.2, 0.25) is 0 Å². The number of nitrogens with one attached hydrogen (secondary N) is 1. The molecule has 1 atom stereocenters. The van der Waals surface area contributed by atoms with Gasteiger partial charge in [-0.25, -0.2) is 0 Å². The van der Waals surface area contributed by atoms with Gasteiger partial charge in [-0.1, -0.05) is 22.9 Å². The van der Waals surface area contributed by atoms with Crippen LogP contribution in [0.2, 0.25) is 0 Å².